The van der Waals surface area contributed by atoms with Gasteiger partial charge in [-0.1, -0.05) is 30.3 Å². The quantitative estimate of drug-likeness (QED) is 0.748. The summed E-state index contributed by atoms with van der Waals surface area (Å²) in [5.74, 6) is 0.722. The number of H-pyrrole nitrogens is 1. The van der Waals surface area contributed by atoms with Gasteiger partial charge in [0.15, 0.2) is 0 Å². The molecule has 142 valence electrons. The van der Waals surface area contributed by atoms with E-state index in [9.17, 15) is 9.59 Å². The molecule has 1 saturated heterocycles. The Bertz CT molecular complexity index is 1090. The molecule has 0 unspecified atom stereocenters. The zero-order chi connectivity index (χ0) is 19.4. The minimum Gasteiger partial charge on any atom is -0.497 e. The van der Waals surface area contributed by atoms with Crippen molar-refractivity contribution < 1.29 is 14.3 Å². The van der Waals surface area contributed by atoms with Crippen LogP contribution < -0.4 is 4.74 Å². The van der Waals surface area contributed by atoms with Crippen molar-refractivity contribution in [2.45, 2.75) is 18.5 Å². The zero-order valence-electron chi connectivity index (χ0n) is 15.8. The molecule has 6 heteroatoms. The van der Waals surface area contributed by atoms with Crippen molar-refractivity contribution in [3.8, 4) is 5.75 Å². The monoisotopic (exact) mass is 375 g/mol. The Kier molecular flexibility index (Phi) is 3.69. The number of hydrogen-bond donors (Lipinski definition) is 1. The SMILES string of the molecule is COc1ccc([C@H]2c3[nH]c4ccccc4c3C[C@@H]3C(=O)N(C)CC(=O)N23)cc1. The minimum atomic E-state index is -0.481. The summed E-state index contributed by atoms with van der Waals surface area (Å²) in [5, 5.41) is 1.11. The fourth-order valence-electron chi connectivity index (χ4n) is 4.54. The highest BCUT2D eigenvalue weighted by Gasteiger charge is 2.47. The lowest BCUT2D eigenvalue weighted by molar-refractivity contribution is -0.157. The number of carbonyl (C=O) groups is 2. The molecule has 0 bridgehead atoms. The highest BCUT2D eigenvalue weighted by molar-refractivity contribution is 5.97. The fourth-order valence-corrected chi connectivity index (χ4v) is 4.54. The second-order valence-electron chi connectivity index (χ2n) is 7.45. The average Bonchev–Trinajstić information content (AvgIpc) is 3.09. The van der Waals surface area contributed by atoms with Crippen LogP contribution in [0.25, 0.3) is 10.9 Å². The van der Waals surface area contributed by atoms with Crippen LogP contribution in [-0.2, 0) is 16.0 Å². The minimum absolute atomic E-state index is 0.00552. The number of ether oxygens (including phenoxy) is 1. The molecule has 0 saturated carbocycles. The van der Waals surface area contributed by atoms with Gasteiger partial charge >= 0.3 is 0 Å². The Labute approximate surface area is 162 Å². The second kappa shape index (κ2) is 6.12. The molecule has 2 aliphatic heterocycles. The molecule has 1 fully saturated rings. The maximum absolute atomic E-state index is 13.0. The number of nitrogens with one attached hydrogen (secondary N) is 1. The Morgan fingerprint density at radius 3 is 2.57 bits per heavy atom. The second-order valence-corrected chi connectivity index (χ2v) is 7.45. The Morgan fingerprint density at radius 1 is 1.07 bits per heavy atom. The van der Waals surface area contributed by atoms with Gasteiger partial charge in [-0.25, -0.2) is 0 Å². The van der Waals surface area contributed by atoms with E-state index in [0.717, 1.165) is 33.5 Å². The molecular formula is C22H21N3O3. The summed E-state index contributed by atoms with van der Waals surface area (Å²) >= 11 is 0. The van der Waals surface area contributed by atoms with Gasteiger partial charge in [-0.3, -0.25) is 9.59 Å². The number of fused-ring (bicyclic) bond motifs is 4. The van der Waals surface area contributed by atoms with E-state index in [1.165, 1.54) is 4.90 Å². The van der Waals surface area contributed by atoms with Gasteiger partial charge in [-0.2, -0.15) is 0 Å². The van der Waals surface area contributed by atoms with E-state index in [0.29, 0.717) is 6.42 Å². The van der Waals surface area contributed by atoms with Gasteiger partial charge in [0.25, 0.3) is 0 Å². The van der Waals surface area contributed by atoms with Crippen LogP contribution in [0.2, 0.25) is 0 Å². The topological polar surface area (TPSA) is 65.6 Å². The third kappa shape index (κ3) is 2.34. The Hall–Kier alpha value is -3.28. The lowest BCUT2D eigenvalue weighted by Gasteiger charge is -2.46. The van der Waals surface area contributed by atoms with Crippen LogP contribution in [-0.4, -0.2) is 53.3 Å². The smallest absolute Gasteiger partial charge is 0.245 e. The first-order valence-electron chi connectivity index (χ1n) is 9.38. The van der Waals surface area contributed by atoms with Gasteiger partial charge in [0.2, 0.25) is 11.8 Å². The van der Waals surface area contributed by atoms with E-state index in [1.54, 1.807) is 19.1 Å². The predicted molar refractivity (Wildman–Crippen MR) is 105 cm³/mol. The van der Waals surface area contributed by atoms with Gasteiger partial charge in [0.05, 0.1) is 19.7 Å². The first-order valence-corrected chi connectivity index (χ1v) is 9.38. The number of methoxy groups -OCH3 is 1. The lowest BCUT2D eigenvalue weighted by Crippen LogP contribution is -2.62. The number of aromatic nitrogens is 1. The molecule has 0 spiro atoms. The molecule has 28 heavy (non-hydrogen) atoms. The van der Waals surface area contributed by atoms with E-state index < -0.39 is 6.04 Å². The Balaban J connectivity index is 1.73. The van der Waals surface area contributed by atoms with E-state index >= 15 is 0 Å². The van der Waals surface area contributed by atoms with Crippen molar-refractivity contribution in [2.75, 3.05) is 20.7 Å². The van der Waals surface area contributed by atoms with E-state index in [4.69, 9.17) is 4.74 Å². The number of para-hydroxylation sites is 1. The summed E-state index contributed by atoms with van der Waals surface area (Å²) in [5.41, 5.74) is 4.10. The highest BCUT2D eigenvalue weighted by atomic mass is 16.5. The fraction of sp³-hybridized carbons (Fsp3) is 0.273. The molecule has 2 atom stereocenters. The number of likely N-dealkylation sites (N-methyl/N-ethyl adjacent to an activating group) is 1. The molecule has 2 aliphatic rings. The van der Waals surface area contributed by atoms with E-state index in [2.05, 4.69) is 11.1 Å². The first kappa shape index (κ1) is 16.9. The van der Waals surface area contributed by atoms with E-state index in [1.807, 2.05) is 42.5 Å². The molecule has 2 amide bonds. The summed E-state index contributed by atoms with van der Waals surface area (Å²) in [7, 11) is 3.33. The van der Waals surface area contributed by atoms with Gasteiger partial charge in [-0.05, 0) is 29.3 Å². The van der Waals surface area contributed by atoms with Crippen LogP contribution in [0.15, 0.2) is 48.5 Å². The molecule has 2 aromatic carbocycles. The number of hydrogen-bond acceptors (Lipinski definition) is 3. The van der Waals surface area contributed by atoms with Crippen LogP contribution >= 0.6 is 0 Å². The molecule has 6 nitrogen and oxygen atoms in total. The number of nitrogens with zero attached hydrogens (tertiary/aromatic N) is 2. The van der Waals surface area contributed by atoms with Crippen molar-refractivity contribution >= 4 is 22.7 Å². The number of piperazine rings is 1. The summed E-state index contributed by atoms with van der Waals surface area (Å²) in [6.07, 6.45) is 0.529. The molecule has 1 aromatic heterocycles. The van der Waals surface area contributed by atoms with Gasteiger partial charge in [0, 0.05) is 30.1 Å². The molecule has 1 N–H and O–H groups in total. The zero-order valence-corrected chi connectivity index (χ0v) is 15.8. The summed E-state index contributed by atoms with van der Waals surface area (Å²) < 4.78 is 5.28. The third-order valence-corrected chi connectivity index (χ3v) is 5.88. The molecule has 5 rings (SSSR count). The van der Waals surface area contributed by atoms with Crippen LogP contribution in [0.3, 0.4) is 0 Å². The normalized spacial score (nSPS) is 21.6. The van der Waals surface area contributed by atoms with Crippen molar-refractivity contribution in [1.29, 1.82) is 0 Å². The van der Waals surface area contributed by atoms with Crippen LogP contribution in [0.4, 0.5) is 0 Å². The molecule has 0 radical (unpaired) electrons. The maximum Gasteiger partial charge on any atom is 0.245 e. The van der Waals surface area contributed by atoms with Crippen molar-refractivity contribution in [2.24, 2.45) is 0 Å². The summed E-state index contributed by atoms with van der Waals surface area (Å²) in [6.45, 7) is 0.109. The van der Waals surface area contributed by atoms with E-state index in [-0.39, 0.29) is 24.4 Å². The summed E-state index contributed by atoms with van der Waals surface area (Å²) in [4.78, 5) is 32.8. The van der Waals surface area contributed by atoms with Crippen molar-refractivity contribution in [3.05, 3.63) is 65.4 Å². The number of benzene rings is 2. The van der Waals surface area contributed by atoms with Gasteiger partial charge in [0.1, 0.15) is 11.8 Å². The molecule has 3 heterocycles. The average molecular weight is 375 g/mol. The number of rotatable bonds is 2. The number of aromatic amines is 1. The largest absolute Gasteiger partial charge is 0.497 e. The van der Waals surface area contributed by atoms with Crippen LogP contribution in [0.1, 0.15) is 22.9 Å². The number of amides is 2. The molecule has 3 aromatic rings. The maximum atomic E-state index is 13.0. The molecular weight excluding hydrogens is 354 g/mol. The first-order chi connectivity index (χ1) is 13.6. The number of carbonyl (C=O) groups excluding carboxylic acids is 2. The Morgan fingerprint density at radius 2 is 1.82 bits per heavy atom. The van der Waals surface area contributed by atoms with Crippen LogP contribution in [0.5, 0.6) is 5.75 Å². The van der Waals surface area contributed by atoms with Crippen molar-refractivity contribution in [3.63, 3.8) is 0 Å². The summed E-state index contributed by atoms with van der Waals surface area (Å²) in [6, 6.07) is 15.0. The van der Waals surface area contributed by atoms with Gasteiger partial charge in [-0.15, -0.1) is 0 Å². The van der Waals surface area contributed by atoms with Crippen molar-refractivity contribution in [1.82, 2.24) is 14.8 Å². The third-order valence-electron chi connectivity index (χ3n) is 5.88. The van der Waals surface area contributed by atoms with Gasteiger partial charge < -0.3 is 19.5 Å². The standard InChI is InChI=1S/C22H21N3O3/c1-24-12-19(26)25-18(22(24)27)11-16-15-5-3-4-6-17(15)23-20(16)21(25)13-7-9-14(28-2)10-8-13/h3-10,18,21,23H,11-12H2,1-2H3/t18-,21+/m1/s1. The lowest BCUT2D eigenvalue weighted by atomic mass is 9.86. The predicted octanol–water partition coefficient (Wildman–Crippen LogP) is 2.49. The molecule has 0 aliphatic carbocycles. The van der Waals surface area contributed by atoms with Crippen LogP contribution in [0, 0.1) is 0 Å². The highest BCUT2D eigenvalue weighted by Crippen LogP contribution is 2.42.